The van der Waals surface area contributed by atoms with Gasteiger partial charge in [-0.25, -0.2) is 8.42 Å². The van der Waals surface area contributed by atoms with Crippen LogP contribution in [-0.4, -0.2) is 45.8 Å². The number of hydrogen-bond acceptors (Lipinski definition) is 4. The molecule has 0 aliphatic carbocycles. The van der Waals surface area contributed by atoms with Gasteiger partial charge in [0.15, 0.2) is 0 Å². The van der Waals surface area contributed by atoms with Crippen molar-refractivity contribution in [3.63, 3.8) is 0 Å². The Hall–Kier alpha value is -1.27. The lowest BCUT2D eigenvalue weighted by atomic mass is 10.2. The van der Waals surface area contributed by atoms with E-state index < -0.39 is 10.0 Å². The van der Waals surface area contributed by atoms with Crippen LogP contribution in [0.1, 0.15) is 6.42 Å². The second kappa shape index (κ2) is 5.16. The molecular weight excluding hydrogens is 250 g/mol. The van der Waals surface area contributed by atoms with E-state index in [0.717, 1.165) is 31.5 Å². The van der Waals surface area contributed by atoms with Crippen molar-refractivity contribution in [2.75, 3.05) is 36.4 Å². The van der Waals surface area contributed by atoms with Crippen LogP contribution in [0, 0.1) is 0 Å². The summed E-state index contributed by atoms with van der Waals surface area (Å²) < 4.78 is 24.6. The van der Waals surface area contributed by atoms with Gasteiger partial charge in [0, 0.05) is 24.0 Å². The third-order valence-electron chi connectivity index (χ3n) is 2.95. The largest absolute Gasteiger partial charge is 0.381 e. The van der Waals surface area contributed by atoms with E-state index in [1.807, 2.05) is 12.1 Å². The second-order valence-electron chi connectivity index (χ2n) is 4.84. The molecule has 100 valence electrons. The van der Waals surface area contributed by atoms with Crippen LogP contribution in [0.4, 0.5) is 11.4 Å². The molecule has 1 aliphatic heterocycles. The van der Waals surface area contributed by atoms with Gasteiger partial charge in [0.25, 0.3) is 0 Å². The maximum atomic E-state index is 11.1. The summed E-state index contributed by atoms with van der Waals surface area (Å²) >= 11 is 0. The summed E-state index contributed by atoms with van der Waals surface area (Å²) in [4.78, 5) is 2.29. The monoisotopic (exact) mass is 269 g/mol. The summed E-state index contributed by atoms with van der Waals surface area (Å²) in [5, 5.41) is 3.44. The SMILES string of the molecule is CN1CCC(Nc2ccc(NS(C)(=O)=O)cc2)C1. The van der Waals surface area contributed by atoms with E-state index in [-0.39, 0.29) is 0 Å². The first-order chi connectivity index (χ1) is 8.42. The Morgan fingerprint density at radius 1 is 1.22 bits per heavy atom. The van der Waals surface area contributed by atoms with Crippen molar-refractivity contribution in [3.05, 3.63) is 24.3 Å². The minimum absolute atomic E-state index is 0.476. The fourth-order valence-electron chi connectivity index (χ4n) is 2.14. The highest BCUT2D eigenvalue weighted by Crippen LogP contribution is 2.18. The number of likely N-dealkylation sites (tertiary alicyclic amines) is 1. The molecular formula is C12H19N3O2S. The summed E-state index contributed by atoms with van der Waals surface area (Å²) in [6.07, 6.45) is 2.29. The maximum absolute atomic E-state index is 11.1. The first-order valence-electron chi connectivity index (χ1n) is 5.95. The molecule has 1 saturated heterocycles. The zero-order valence-electron chi connectivity index (χ0n) is 10.7. The molecule has 0 radical (unpaired) electrons. The smallest absolute Gasteiger partial charge is 0.229 e. The molecule has 18 heavy (non-hydrogen) atoms. The van der Waals surface area contributed by atoms with Crippen molar-refractivity contribution in [1.82, 2.24) is 4.90 Å². The normalized spacial score (nSPS) is 20.9. The number of anilines is 2. The van der Waals surface area contributed by atoms with Crippen molar-refractivity contribution < 1.29 is 8.42 Å². The van der Waals surface area contributed by atoms with Crippen LogP contribution in [0.15, 0.2) is 24.3 Å². The lowest BCUT2D eigenvalue weighted by Gasteiger charge is -2.14. The van der Waals surface area contributed by atoms with Gasteiger partial charge in [0.2, 0.25) is 10.0 Å². The Kier molecular flexibility index (Phi) is 3.77. The molecule has 0 aromatic heterocycles. The minimum atomic E-state index is -3.20. The van der Waals surface area contributed by atoms with E-state index in [2.05, 4.69) is 22.0 Å². The first kappa shape index (κ1) is 13.2. The topological polar surface area (TPSA) is 61.4 Å². The number of rotatable bonds is 4. The molecule has 2 rings (SSSR count). The Morgan fingerprint density at radius 2 is 1.83 bits per heavy atom. The molecule has 1 aromatic carbocycles. The van der Waals surface area contributed by atoms with Gasteiger partial charge in [0.1, 0.15) is 0 Å². The van der Waals surface area contributed by atoms with Gasteiger partial charge >= 0.3 is 0 Å². The summed E-state index contributed by atoms with van der Waals surface area (Å²) in [7, 11) is -1.08. The highest BCUT2D eigenvalue weighted by atomic mass is 32.2. The van der Waals surface area contributed by atoms with Crippen LogP contribution in [0.2, 0.25) is 0 Å². The van der Waals surface area contributed by atoms with E-state index in [4.69, 9.17) is 0 Å². The second-order valence-corrected chi connectivity index (χ2v) is 6.59. The number of likely N-dealkylation sites (N-methyl/N-ethyl adjacent to an activating group) is 1. The van der Waals surface area contributed by atoms with Crippen LogP contribution in [0.25, 0.3) is 0 Å². The van der Waals surface area contributed by atoms with Gasteiger partial charge in [0.05, 0.1) is 6.26 Å². The fraction of sp³-hybridized carbons (Fsp3) is 0.500. The molecule has 1 aliphatic rings. The third-order valence-corrected chi connectivity index (χ3v) is 3.56. The summed E-state index contributed by atoms with van der Waals surface area (Å²) in [5.74, 6) is 0. The molecule has 1 atom stereocenters. The van der Waals surface area contributed by atoms with E-state index in [0.29, 0.717) is 11.7 Å². The standard InChI is InChI=1S/C12H19N3O2S/c1-15-8-7-12(9-15)13-10-3-5-11(6-4-10)14-18(2,16)17/h3-6,12-14H,7-9H2,1-2H3. The van der Waals surface area contributed by atoms with Crippen molar-refractivity contribution in [3.8, 4) is 0 Å². The quantitative estimate of drug-likeness (QED) is 0.861. The molecule has 1 aromatic rings. The molecule has 0 spiro atoms. The molecule has 6 heteroatoms. The summed E-state index contributed by atoms with van der Waals surface area (Å²) in [6, 6.07) is 7.80. The first-order valence-corrected chi connectivity index (χ1v) is 7.84. The zero-order chi connectivity index (χ0) is 13.2. The van der Waals surface area contributed by atoms with Crippen molar-refractivity contribution in [2.45, 2.75) is 12.5 Å². The lowest BCUT2D eigenvalue weighted by molar-refractivity contribution is 0.414. The van der Waals surface area contributed by atoms with Gasteiger partial charge in [-0.3, -0.25) is 4.72 Å². The van der Waals surface area contributed by atoms with Crippen LogP contribution < -0.4 is 10.0 Å². The summed E-state index contributed by atoms with van der Waals surface area (Å²) in [6.45, 7) is 2.16. The van der Waals surface area contributed by atoms with Crippen molar-refractivity contribution >= 4 is 21.4 Å². The van der Waals surface area contributed by atoms with E-state index >= 15 is 0 Å². The zero-order valence-corrected chi connectivity index (χ0v) is 11.5. The number of nitrogens with zero attached hydrogens (tertiary/aromatic N) is 1. The molecule has 0 saturated carbocycles. The molecule has 1 fully saturated rings. The van der Waals surface area contributed by atoms with Crippen LogP contribution in [0.3, 0.4) is 0 Å². The molecule has 0 bridgehead atoms. The van der Waals surface area contributed by atoms with Crippen molar-refractivity contribution in [1.29, 1.82) is 0 Å². The van der Waals surface area contributed by atoms with Gasteiger partial charge < -0.3 is 10.2 Å². The third kappa shape index (κ3) is 3.89. The fourth-order valence-corrected chi connectivity index (χ4v) is 2.70. The molecule has 5 nitrogen and oxygen atoms in total. The average Bonchev–Trinajstić information content (AvgIpc) is 2.65. The number of sulfonamides is 1. The van der Waals surface area contributed by atoms with E-state index in [9.17, 15) is 8.42 Å². The predicted octanol–water partition coefficient (Wildman–Crippen LogP) is 1.17. The van der Waals surface area contributed by atoms with Gasteiger partial charge in [-0.2, -0.15) is 0 Å². The van der Waals surface area contributed by atoms with Crippen molar-refractivity contribution in [2.24, 2.45) is 0 Å². The Bertz CT molecular complexity index is 499. The highest BCUT2D eigenvalue weighted by molar-refractivity contribution is 7.92. The average molecular weight is 269 g/mol. The molecule has 0 amide bonds. The van der Waals surface area contributed by atoms with Crippen LogP contribution >= 0.6 is 0 Å². The molecule has 2 N–H and O–H groups in total. The van der Waals surface area contributed by atoms with E-state index in [1.54, 1.807) is 12.1 Å². The highest BCUT2D eigenvalue weighted by Gasteiger charge is 2.18. The predicted molar refractivity (Wildman–Crippen MR) is 74.4 cm³/mol. The molecule has 1 unspecified atom stereocenters. The maximum Gasteiger partial charge on any atom is 0.229 e. The Balaban J connectivity index is 1.95. The van der Waals surface area contributed by atoms with Gasteiger partial charge in [-0.1, -0.05) is 0 Å². The Labute approximate surface area is 108 Å². The van der Waals surface area contributed by atoms with Gasteiger partial charge in [-0.05, 0) is 44.3 Å². The number of hydrogen-bond donors (Lipinski definition) is 2. The van der Waals surface area contributed by atoms with Crippen LogP contribution in [0.5, 0.6) is 0 Å². The van der Waals surface area contributed by atoms with E-state index in [1.165, 1.54) is 0 Å². The Morgan fingerprint density at radius 3 is 2.33 bits per heavy atom. The minimum Gasteiger partial charge on any atom is -0.381 e. The lowest BCUT2D eigenvalue weighted by Crippen LogP contribution is -2.23. The number of benzene rings is 1. The number of nitrogens with one attached hydrogen (secondary N) is 2. The summed E-state index contributed by atoms with van der Waals surface area (Å²) in [5.41, 5.74) is 1.61. The van der Waals surface area contributed by atoms with Crippen LogP contribution in [-0.2, 0) is 10.0 Å². The molecule has 1 heterocycles. The van der Waals surface area contributed by atoms with Gasteiger partial charge in [-0.15, -0.1) is 0 Å².